The van der Waals surface area contributed by atoms with Crippen LogP contribution in [-0.2, 0) is 6.54 Å². The van der Waals surface area contributed by atoms with E-state index in [1.54, 1.807) is 26.1 Å². The molecule has 1 heterocycles. The van der Waals surface area contributed by atoms with E-state index in [9.17, 15) is 13.6 Å². The third-order valence-corrected chi connectivity index (χ3v) is 2.76. The van der Waals surface area contributed by atoms with E-state index in [-0.39, 0.29) is 17.9 Å². The van der Waals surface area contributed by atoms with Crippen LogP contribution in [0.5, 0.6) is 5.75 Å². The highest BCUT2D eigenvalue weighted by Gasteiger charge is 2.19. The van der Waals surface area contributed by atoms with E-state index in [4.69, 9.17) is 4.52 Å². The molecule has 0 fully saturated rings. The summed E-state index contributed by atoms with van der Waals surface area (Å²) in [5.74, 6) is 0.0415. The van der Waals surface area contributed by atoms with Crippen molar-refractivity contribution in [3.05, 3.63) is 47.3 Å². The van der Waals surface area contributed by atoms with Crippen LogP contribution in [-0.4, -0.2) is 29.6 Å². The molecule has 0 aliphatic carbocycles. The topological polar surface area (TPSA) is 55.6 Å². The maximum absolute atomic E-state index is 12.3. The van der Waals surface area contributed by atoms with E-state index in [1.807, 2.05) is 0 Å². The highest BCUT2D eigenvalue weighted by molar-refractivity contribution is 5.96. The number of amides is 1. The van der Waals surface area contributed by atoms with Gasteiger partial charge in [0.05, 0.1) is 12.1 Å². The first-order chi connectivity index (χ1) is 9.97. The third kappa shape index (κ3) is 3.77. The second-order valence-corrected chi connectivity index (χ2v) is 4.46. The predicted octanol–water partition coefficient (Wildman–Crippen LogP) is 2.86. The average Bonchev–Trinajstić information content (AvgIpc) is 2.83. The highest BCUT2D eigenvalue weighted by atomic mass is 19.3. The number of para-hydroxylation sites is 1. The van der Waals surface area contributed by atoms with Gasteiger partial charge < -0.3 is 14.2 Å². The van der Waals surface area contributed by atoms with Gasteiger partial charge in [0.15, 0.2) is 0 Å². The Hall–Kier alpha value is -2.44. The molecule has 0 bridgehead atoms. The van der Waals surface area contributed by atoms with Crippen LogP contribution in [0.3, 0.4) is 0 Å². The maximum atomic E-state index is 12.3. The molecule has 2 rings (SSSR count). The number of carbonyl (C=O) groups is 1. The number of rotatable bonds is 5. The summed E-state index contributed by atoms with van der Waals surface area (Å²) in [7, 11) is 1.55. The lowest BCUT2D eigenvalue weighted by Crippen LogP contribution is -2.27. The van der Waals surface area contributed by atoms with E-state index in [1.165, 1.54) is 23.1 Å². The number of ether oxygens (including phenoxy) is 1. The first kappa shape index (κ1) is 15.0. The Morgan fingerprint density at radius 3 is 2.76 bits per heavy atom. The molecule has 0 unspecified atom stereocenters. The largest absolute Gasteiger partial charge is 0.434 e. The maximum Gasteiger partial charge on any atom is 0.387 e. The molecule has 0 N–H and O–H groups in total. The van der Waals surface area contributed by atoms with Crippen LogP contribution in [0.1, 0.15) is 21.8 Å². The Bertz CT molecular complexity index is 628. The number of alkyl halides is 2. The summed E-state index contributed by atoms with van der Waals surface area (Å²) in [6.45, 7) is -1.04. The molecular weight excluding hydrogens is 282 g/mol. The van der Waals surface area contributed by atoms with Gasteiger partial charge in [-0.1, -0.05) is 17.3 Å². The van der Waals surface area contributed by atoms with Gasteiger partial charge in [-0.25, -0.2) is 0 Å². The Labute approximate surface area is 120 Å². The van der Waals surface area contributed by atoms with Gasteiger partial charge in [0.1, 0.15) is 17.2 Å². The molecule has 112 valence electrons. The van der Waals surface area contributed by atoms with Crippen LogP contribution in [0.25, 0.3) is 0 Å². The second kappa shape index (κ2) is 6.34. The summed E-state index contributed by atoms with van der Waals surface area (Å²) in [6, 6.07) is 7.57. The smallest absolute Gasteiger partial charge is 0.387 e. The molecule has 0 aliphatic rings. The fourth-order valence-corrected chi connectivity index (χ4v) is 1.85. The molecular formula is C14H14F2N2O3. The number of aromatic nitrogens is 1. The van der Waals surface area contributed by atoms with Gasteiger partial charge in [0.2, 0.25) is 0 Å². The minimum Gasteiger partial charge on any atom is -0.434 e. The van der Waals surface area contributed by atoms with E-state index < -0.39 is 12.5 Å². The summed E-state index contributed by atoms with van der Waals surface area (Å²) < 4.78 is 34.0. The molecule has 0 aliphatic heterocycles. The Balaban J connectivity index is 2.15. The van der Waals surface area contributed by atoms with Crippen LogP contribution in [0.15, 0.2) is 34.9 Å². The summed E-state index contributed by atoms with van der Waals surface area (Å²) in [4.78, 5) is 13.7. The number of hydrogen-bond acceptors (Lipinski definition) is 4. The highest BCUT2D eigenvalue weighted by Crippen LogP contribution is 2.22. The standard InChI is InChI=1S/C14H14F2N2O3/c1-9-7-10(17-21-9)8-18(2)13(19)11-5-3-4-6-12(11)20-14(15)16/h3-7,14H,8H2,1-2H3. The van der Waals surface area contributed by atoms with E-state index in [0.29, 0.717) is 11.5 Å². The zero-order valence-electron chi connectivity index (χ0n) is 11.5. The summed E-state index contributed by atoms with van der Waals surface area (Å²) >= 11 is 0. The zero-order chi connectivity index (χ0) is 15.4. The monoisotopic (exact) mass is 296 g/mol. The van der Waals surface area contributed by atoms with Gasteiger partial charge in [-0.3, -0.25) is 4.79 Å². The summed E-state index contributed by atoms with van der Waals surface area (Å²) in [5, 5.41) is 3.78. The van der Waals surface area contributed by atoms with Crippen molar-refractivity contribution in [3.63, 3.8) is 0 Å². The second-order valence-electron chi connectivity index (χ2n) is 4.46. The molecule has 1 aromatic carbocycles. The van der Waals surface area contributed by atoms with Crippen LogP contribution >= 0.6 is 0 Å². The van der Waals surface area contributed by atoms with Crippen LogP contribution in [0, 0.1) is 6.92 Å². The minimum absolute atomic E-state index is 0.0699. The molecule has 1 aromatic heterocycles. The van der Waals surface area contributed by atoms with Gasteiger partial charge in [-0.15, -0.1) is 0 Å². The van der Waals surface area contributed by atoms with Crippen molar-refractivity contribution in [1.82, 2.24) is 10.1 Å². The fraction of sp³-hybridized carbons (Fsp3) is 0.286. The van der Waals surface area contributed by atoms with Crippen molar-refractivity contribution in [2.45, 2.75) is 20.1 Å². The fourth-order valence-electron chi connectivity index (χ4n) is 1.85. The van der Waals surface area contributed by atoms with Gasteiger partial charge in [-0.2, -0.15) is 8.78 Å². The predicted molar refractivity (Wildman–Crippen MR) is 70.1 cm³/mol. The number of carbonyl (C=O) groups excluding carboxylic acids is 1. The number of halogens is 2. The van der Waals surface area contributed by atoms with Crippen LogP contribution in [0.2, 0.25) is 0 Å². The summed E-state index contributed by atoms with van der Waals surface area (Å²) in [5.41, 5.74) is 0.649. The molecule has 0 atom stereocenters. The number of aryl methyl sites for hydroxylation is 1. The first-order valence-electron chi connectivity index (χ1n) is 6.19. The molecule has 0 spiro atoms. The molecule has 2 aromatic rings. The van der Waals surface area contributed by atoms with E-state index in [2.05, 4.69) is 9.89 Å². The van der Waals surface area contributed by atoms with Gasteiger partial charge in [0.25, 0.3) is 5.91 Å². The van der Waals surface area contributed by atoms with Crippen molar-refractivity contribution in [3.8, 4) is 5.75 Å². The lowest BCUT2D eigenvalue weighted by molar-refractivity contribution is -0.0502. The minimum atomic E-state index is -2.98. The van der Waals surface area contributed by atoms with Gasteiger partial charge >= 0.3 is 6.61 Å². The lowest BCUT2D eigenvalue weighted by atomic mass is 10.1. The molecule has 0 saturated heterocycles. The molecule has 5 nitrogen and oxygen atoms in total. The van der Waals surface area contributed by atoms with E-state index in [0.717, 1.165) is 0 Å². The summed E-state index contributed by atoms with van der Waals surface area (Å²) in [6.07, 6.45) is 0. The van der Waals surface area contributed by atoms with E-state index >= 15 is 0 Å². The third-order valence-electron chi connectivity index (χ3n) is 2.76. The van der Waals surface area contributed by atoms with Crippen molar-refractivity contribution >= 4 is 5.91 Å². The Morgan fingerprint density at radius 2 is 2.14 bits per heavy atom. The quantitative estimate of drug-likeness (QED) is 0.851. The van der Waals surface area contributed by atoms with Crippen molar-refractivity contribution < 1.29 is 22.8 Å². The lowest BCUT2D eigenvalue weighted by Gasteiger charge is -2.17. The number of nitrogens with zero attached hydrogens (tertiary/aromatic N) is 2. The van der Waals surface area contributed by atoms with Gasteiger partial charge in [-0.05, 0) is 19.1 Å². The first-order valence-corrected chi connectivity index (χ1v) is 6.19. The van der Waals surface area contributed by atoms with Crippen LogP contribution < -0.4 is 4.74 Å². The van der Waals surface area contributed by atoms with Crippen LogP contribution in [0.4, 0.5) is 8.78 Å². The number of hydrogen-bond donors (Lipinski definition) is 0. The zero-order valence-corrected chi connectivity index (χ0v) is 11.5. The van der Waals surface area contributed by atoms with Crippen molar-refractivity contribution in [1.29, 1.82) is 0 Å². The molecule has 0 radical (unpaired) electrons. The molecule has 0 saturated carbocycles. The average molecular weight is 296 g/mol. The van der Waals surface area contributed by atoms with Crippen molar-refractivity contribution in [2.24, 2.45) is 0 Å². The molecule has 1 amide bonds. The Morgan fingerprint density at radius 1 is 1.43 bits per heavy atom. The molecule has 7 heteroatoms. The SMILES string of the molecule is Cc1cc(CN(C)C(=O)c2ccccc2OC(F)F)no1. The van der Waals surface area contributed by atoms with Crippen molar-refractivity contribution in [2.75, 3.05) is 7.05 Å². The number of benzene rings is 1. The Kier molecular flexibility index (Phi) is 4.52. The van der Waals surface area contributed by atoms with Gasteiger partial charge in [0, 0.05) is 13.1 Å². The normalized spacial score (nSPS) is 10.7. The molecule has 21 heavy (non-hydrogen) atoms.